The Bertz CT molecular complexity index is 347. The van der Waals surface area contributed by atoms with Crippen LogP contribution in [-0.4, -0.2) is 37.3 Å². The number of esters is 2. The Balaban J connectivity index is 4.44. The lowest BCUT2D eigenvalue weighted by molar-refractivity contribution is -0.280. The SMILES string of the molecule is C=C(COC(=O)C(F)(F)C(F)(F)F)C(=O)OCC. The third kappa shape index (κ3) is 3.97. The van der Waals surface area contributed by atoms with Crippen LogP contribution < -0.4 is 0 Å². The topological polar surface area (TPSA) is 52.6 Å². The van der Waals surface area contributed by atoms with Crippen molar-refractivity contribution in [3.8, 4) is 0 Å². The van der Waals surface area contributed by atoms with Gasteiger partial charge in [0.2, 0.25) is 0 Å². The van der Waals surface area contributed by atoms with E-state index >= 15 is 0 Å². The van der Waals surface area contributed by atoms with Crippen LogP contribution >= 0.6 is 0 Å². The molecule has 0 fully saturated rings. The van der Waals surface area contributed by atoms with Crippen LogP contribution in [0.3, 0.4) is 0 Å². The molecule has 0 aromatic carbocycles. The molecule has 0 N–H and O–H groups in total. The fraction of sp³-hybridized carbons (Fsp3) is 0.556. The molecule has 9 heteroatoms. The average Bonchev–Trinajstić information content (AvgIpc) is 2.23. The van der Waals surface area contributed by atoms with Crippen LogP contribution in [0.1, 0.15) is 6.92 Å². The first-order chi connectivity index (χ1) is 8.04. The lowest BCUT2D eigenvalue weighted by Gasteiger charge is -2.17. The Labute approximate surface area is 98.3 Å². The molecule has 0 saturated carbocycles. The molecule has 0 amide bonds. The Morgan fingerprint density at radius 1 is 1.11 bits per heavy atom. The quantitative estimate of drug-likeness (QED) is 0.437. The van der Waals surface area contributed by atoms with E-state index in [1.54, 1.807) is 0 Å². The lowest BCUT2D eigenvalue weighted by atomic mass is 10.3. The van der Waals surface area contributed by atoms with Gasteiger partial charge in [-0.25, -0.2) is 9.59 Å². The molecule has 0 aliphatic carbocycles. The van der Waals surface area contributed by atoms with Crippen LogP contribution in [0.5, 0.6) is 0 Å². The normalized spacial score (nSPS) is 11.9. The van der Waals surface area contributed by atoms with E-state index in [0.29, 0.717) is 0 Å². The summed E-state index contributed by atoms with van der Waals surface area (Å²) in [6.45, 7) is 3.29. The van der Waals surface area contributed by atoms with Crippen molar-refractivity contribution in [3.63, 3.8) is 0 Å². The first-order valence-corrected chi connectivity index (χ1v) is 4.50. The van der Waals surface area contributed by atoms with Crippen molar-refractivity contribution in [2.24, 2.45) is 0 Å². The Morgan fingerprint density at radius 3 is 2.00 bits per heavy atom. The largest absolute Gasteiger partial charge is 0.465 e. The summed E-state index contributed by atoms with van der Waals surface area (Å²) in [5, 5.41) is 0. The minimum Gasteiger partial charge on any atom is -0.463 e. The smallest absolute Gasteiger partial charge is 0.463 e. The Morgan fingerprint density at radius 2 is 1.61 bits per heavy atom. The highest BCUT2D eigenvalue weighted by atomic mass is 19.4. The first kappa shape index (κ1) is 16.3. The second-order valence-corrected chi connectivity index (χ2v) is 2.97. The molecule has 0 aliphatic heterocycles. The summed E-state index contributed by atoms with van der Waals surface area (Å²) in [6.07, 6.45) is -6.06. The van der Waals surface area contributed by atoms with E-state index in [9.17, 15) is 31.5 Å². The number of alkyl halides is 5. The third-order valence-electron chi connectivity index (χ3n) is 1.55. The molecule has 0 heterocycles. The zero-order valence-electron chi connectivity index (χ0n) is 9.14. The summed E-state index contributed by atoms with van der Waals surface area (Å²) in [4.78, 5) is 21.4. The molecular weight excluding hydrogens is 267 g/mol. The number of hydrogen-bond donors (Lipinski definition) is 0. The minimum atomic E-state index is -6.06. The van der Waals surface area contributed by atoms with Crippen LogP contribution in [-0.2, 0) is 19.1 Å². The summed E-state index contributed by atoms with van der Waals surface area (Å²) in [5.41, 5.74) is -0.553. The van der Waals surface area contributed by atoms with Gasteiger partial charge in [-0.15, -0.1) is 0 Å². The number of carbonyl (C=O) groups excluding carboxylic acids is 2. The number of halogens is 5. The van der Waals surface area contributed by atoms with Gasteiger partial charge in [-0.1, -0.05) is 6.58 Å². The van der Waals surface area contributed by atoms with Crippen molar-refractivity contribution in [1.29, 1.82) is 0 Å². The van der Waals surface area contributed by atoms with Gasteiger partial charge in [0.1, 0.15) is 6.61 Å². The summed E-state index contributed by atoms with van der Waals surface area (Å²) >= 11 is 0. The molecule has 4 nitrogen and oxygen atoms in total. The number of ether oxygens (including phenoxy) is 2. The van der Waals surface area contributed by atoms with E-state index in [1.807, 2.05) is 0 Å². The number of carbonyl (C=O) groups is 2. The highest BCUT2D eigenvalue weighted by Crippen LogP contribution is 2.36. The molecule has 0 radical (unpaired) electrons. The summed E-state index contributed by atoms with van der Waals surface area (Å²) in [5.74, 6) is -9.50. The number of hydrogen-bond acceptors (Lipinski definition) is 4. The molecule has 0 rings (SSSR count). The molecule has 18 heavy (non-hydrogen) atoms. The summed E-state index contributed by atoms with van der Waals surface area (Å²) in [6, 6.07) is 0. The van der Waals surface area contributed by atoms with Crippen molar-refractivity contribution in [3.05, 3.63) is 12.2 Å². The molecule has 0 aliphatic rings. The maximum Gasteiger partial charge on any atom is 0.465 e. The maximum atomic E-state index is 12.4. The Kier molecular flexibility index (Phi) is 5.25. The fourth-order valence-corrected chi connectivity index (χ4v) is 0.651. The van der Waals surface area contributed by atoms with Crippen LogP contribution in [0.15, 0.2) is 12.2 Å². The van der Waals surface area contributed by atoms with Crippen molar-refractivity contribution < 1.29 is 41.0 Å². The van der Waals surface area contributed by atoms with Crippen LogP contribution in [0.25, 0.3) is 0 Å². The molecule has 104 valence electrons. The molecule has 0 spiro atoms. The van der Waals surface area contributed by atoms with Gasteiger partial charge >= 0.3 is 24.0 Å². The van der Waals surface area contributed by atoms with Gasteiger partial charge in [-0.3, -0.25) is 0 Å². The molecule has 0 bridgehead atoms. The van der Waals surface area contributed by atoms with Crippen molar-refractivity contribution in [2.75, 3.05) is 13.2 Å². The summed E-state index contributed by atoms with van der Waals surface area (Å²) < 4.78 is 67.9. The summed E-state index contributed by atoms with van der Waals surface area (Å²) in [7, 11) is 0. The second-order valence-electron chi connectivity index (χ2n) is 2.97. The van der Waals surface area contributed by atoms with Gasteiger partial charge in [0.25, 0.3) is 0 Å². The second kappa shape index (κ2) is 5.78. The lowest BCUT2D eigenvalue weighted by Crippen LogP contribution is -2.45. The molecule has 0 aromatic rings. The van der Waals surface area contributed by atoms with E-state index < -0.39 is 36.2 Å². The highest BCUT2D eigenvalue weighted by Gasteiger charge is 2.64. The van der Waals surface area contributed by atoms with E-state index in [2.05, 4.69) is 16.1 Å². The zero-order valence-corrected chi connectivity index (χ0v) is 9.14. The van der Waals surface area contributed by atoms with E-state index in [0.717, 1.165) is 0 Å². The average molecular weight is 276 g/mol. The van der Waals surface area contributed by atoms with Crippen LogP contribution in [0.2, 0.25) is 0 Å². The van der Waals surface area contributed by atoms with E-state index in [-0.39, 0.29) is 6.61 Å². The van der Waals surface area contributed by atoms with Gasteiger partial charge < -0.3 is 9.47 Å². The van der Waals surface area contributed by atoms with E-state index in [1.165, 1.54) is 6.92 Å². The van der Waals surface area contributed by atoms with Gasteiger partial charge in [0.05, 0.1) is 12.2 Å². The van der Waals surface area contributed by atoms with E-state index in [4.69, 9.17) is 0 Å². The van der Waals surface area contributed by atoms with Gasteiger partial charge in [-0.2, -0.15) is 22.0 Å². The molecule has 0 atom stereocenters. The molecule has 0 saturated heterocycles. The van der Waals surface area contributed by atoms with Crippen molar-refractivity contribution in [2.45, 2.75) is 19.0 Å². The van der Waals surface area contributed by atoms with Crippen molar-refractivity contribution in [1.82, 2.24) is 0 Å². The highest BCUT2D eigenvalue weighted by molar-refractivity contribution is 5.88. The fourth-order valence-electron chi connectivity index (χ4n) is 0.651. The first-order valence-electron chi connectivity index (χ1n) is 4.50. The van der Waals surface area contributed by atoms with Crippen LogP contribution in [0, 0.1) is 0 Å². The Hall–Kier alpha value is -1.67. The maximum absolute atomic E-state index is 12.4. The molecule has 0 unspecified atom stereocenters. The zero-order chi connectivity index (χ0) is 14.6. The molecule has 0 aromatic heterocycles. The van der Waals surface area contributed by atoms with Crippen molar-refractivity contribution >= 4 is 11.9 Å². The van der Waals surface area contributed by atoms with Gasteiger partial charge in [0, 0.05) is 0 Å². The minimum absolute atomic E-state index is 0.0511. The third-order valence-corrected chi connectivity index (χ3v) is 1.55. The monoisotopic (exact) mass is 276 g/mol. The van der Waals surface area contributed by atoms with Crippen LogP contribution in [0.4, 0.5) is 22.0 Å². The molecular formula is C9H9F5O4. The standard InChI is InChI=1S/C9H9F5O4/c1-3-17-6(15)5(2)4-18-7(16)8(10,11)9(12,13)14/h2-4H2,1H3. The van der Waals surface area contributed by atoms with Gasteiger partial charge in [-0.05, 0) is 6.92 Å². The predicted octanol–water partition coefficient (Wildman–Crippen LogP) is 1.85. The number of rotatable bonds is 5. The van der Waals surface area contributed by atoms with Gasteiger partial charge in [0.15, 0.2) is 0 Å². The predicted molar refractivity (Wildman–Crippen MR) is 47.7 cm³/mol.